The minimum absolute atomic E-state index is 0.497. The van der Waals surface area contributed by atoms with Crippen molar-refractivity contribution in [3.8, 4) is 5.75 Å². The molecule has 2 aliphatic carbocycles. The van der Waals surface area contributed by atoms with Gasteiger partial charge in [0, 0.05) is 6.04 Å². The minimum Gasteiger partial charge on any atom is -0.490 e. The van der Waals surface area contributed by atoms with Gasteiger partial charge in [0.15, 0.2) is 0 Å². The van der Waals surface area contributed by atoms with Crippen LogP contribution in [0, 0.1) is 0 Å². The maximum atomic E-state index is 5.84. The zero-order valence-electron chi connectivity index (χ0n) is 12.6. The zero-order chi connectivity index (χ0) is 13.8. The van der Waals surface area contributed by atoms with E-state index in [-0.39, 0.29) is 0 Å². The summed E-state index contributed by atoms with van der Waals surface area (Å²) in [6.45, 7) is 3.30. The van der Waals surface area contributed by atoms with Gasteiger partial charge in [-0.2, -0.15) is 0 Å². The average molecular weight is 273 g/mol. The number of nitrogens with one attached hydrogen (secondary N) is 1. The third kappa shape index (κ3) is 3.76. The molecule has 0 radical (unpaired) electrons. The third-order valence-electron chi connectivity index (χ3n) is 4.60. The van der Waals surface area contributed by atoms with Gasteiger partial charge in [0.05, 0.1) is 6.10 Å². The van der Waals surface area contributed by atoms with Gasteiger partial charge in [0.1, 0.15) is 5.75 Å². The molecule has 0 bridgehead atoms. The number of hydrogen-bond donors (Lipinski definition) is 1. The van der Waals surface area contributed by atoms with Gasteiger partial charge in [-0.25, -0.2) is 0 Å². The van der Waals surface area contributed by atoms with Crippen LogP contribution < -0.4 is 10.1 Å². The van der Waals surface area contributed by atoms with Crippen molar-refractivity contribution >= 4 is 0 Å². The lowest BCUT2D eigenvalue weighted by atomic mass is 9.90. The van der Waals surface area contributed by atoms with E-state index in [9.17, 15) is 0 Å². The highest BCUT2D eigenvalue weighted by Gasteiger charge is 2.24. The van der Waals surface area contributed by atoms with Crippen molar-refractivity contribution in [2.75, 3.05) is 6.54 Å². The Bertz CT molecular complexity index is 410. The van der Waals surface area contributed by atoms with Gasteiger partial charge in [0.2, 0.25) is 0 Å². The summed E-state index contributed by atoms with van der Waals surface area (Å²) in [5, 5.41) is 3.65. The lowest BCUT2D eigenvalue weighted by Gasteiger charge is -2.21. The summed E-state index contributed by atoms with van der Waals surface area (Å²) in [6.07, 6.45) is 9.67. The molecule has 2 saturated carbocycles. The van der Waals surface area contributed by atoms with Crippen LogP contribution in [0.1, 0.15) is 63.4 Å². The zero-order valence-corrected chi connectivity index (χ0v) is 12.6. The maximum absolute atomic E-state index is 5.84. The third-order valence-corrected chi connectivity index (χ3v) is 4.60. The highest BCUT2D eigenvalue weighted by Crippen LogP contribution is 2.33. The minimum atomic E-state index is 0.497. The van der Waals surface area contributed by atoms with E-state index in [4.69, 9.17) is 4.74 Å². The Morgan fingerprint density at radius 3 is 2.50 bits per heavy atom. The quantitative estimate of drug-likeness (QED) is 0.810. The molecule has 0 amide bonds. The molecule has 1 N–H and O–H groups in total. The van der Waals surface area contributed by atoms with Gasteiger partial charge in [-0.15, -0.1) is 0 Å². The van der Waals surface area contributed by atoms with E-state index in [1.807, 2.05) is 0 Å². The van der Waals surface area contributed by atoms with E-state index in [0.29, 0.717) is 12.1 Å². The van der Waals surface area contributed by atoms with E-state index in [1.165, 1.54) is 50.5 Å². The number of hydrogen-bond acceptors (Lipinski definition) is 2. The van der Waals surface area contributed by atoms with Crippen LogP contribution in [0.3, 0.4) is 0 Å². The first-order chi connectivity index (χ1) is 9.85. The Balaban J connectivity index is 1.63. The molecule has 0 saturated heterocycles. The Hall–Kier alpha value is -1.02. The molecular formula is C18H27NO. The average Bonchev–Trinajstić information content (AvgIpc) is 3.28. The molecule has 2 nitrogen and oxygen atoms in total. The molecule has 2 aliphatic rings. The second-order valence-electron chi connectivity index (χ2n) is 6.36. The Kier molecular flexibility index (Phi) is 4.62. The molecule has 0 aromatic heterocycles. The number of rotatable bonds is 5. The molecular weight excluding hydrogens is 246 g/mol. The van der Waals surface area contributed by atoms with Crippen LogP contribution in [0.15, 0.2) is 24.3 Å². The first-order valence-corrected chi connectivity index (χ1v) is 8.35. The molecule has 0 heterocycles. The van der Waals surface area contributed by atoms with Crippen molar-refractivity contribution in [2.45, 2.75) is 69.9 Å². The number of ether oxygens (including phenoxy) is 1. The molecule has 110 valence electrons. The molecule has 3 rings (SSSR count). The summed E-state index contributed by atoms with van der Waals surface area (Å²) in [5.74, 6) is 1.77. The smallest absolute Gasteiger partial charge is 0.119 e. The summed E-state index contributed by atoms with van der Waals surface area (Å²) < 4.78 is 5.84. The fraction of sp³-hybridized carbons (Fsp3) is 0.667. The first-order valence-electron chi connectivity index (χ1n) is 8.35. The maximum Gasteiger partial charge on any atom is 0.119 e. The summed E-state index contributed by atoms with van der Waals surface area (Å²) >= 11 is 0. The topological polar surface area (TPSA) is 21.3 Å². The predicted octanol–water partition coefficient (Wildman–Crippen LogP) is 4.25. The van der Waals surface area contributed by atoms with Crippen LogP contribution in [-0.2, 0) is 0 Å². The Labute approximate surface area is 122 Å². The highest BCUT2D eigenvalue weighted by atomic mass is 16.5. The second-order valence-corrected chi connectivity index (χ2v) is 6.36. The van der Waals surface area contributed by atoms with Gasteiger partial charge in [-0.05, 0) is 62.3 Å². The predicted molar refractivity (Wildman–Crippen MR) is 83.4 cm³/mol. The van der Waals surface area contributed by atoms with Gasteiger partial charge < -0.3 is 10.1 Å². The van der Waals surface area contributed by atoms with Gasteiger partial charge >= 0.3 is 0 Å². The normalized spacial score (nSPS) is 27.1. The van der Waals surface area contributed by atoms with Gasteiger partial charge in [-0.3, -0.25) is 0 Å². The summed E-state index contributed by atoms with van der Waals surface area (Å²) in [5.41, 5.74) is 1.50. The van der Waals surface area contributed by atoms with Crippen LogP contribution in [0.4, 0.5) is 0 Å². The lowest BCUT2D eigenvalue weighted by Crippen LogP contribution is -2.29. The van der Waals surface area contributed by atoms with Crippen LogP contribution in [0.5, 0.6) is 5.75 Å². The largest absolute Gasteiger partial charge is 0.490 e. The molecule has 20 heavy (non-hydrogen) atoms. The summed E-state index contributed by atoms with van der Waals surface area (Å²) in [4.78, 5) is 0. The molecule has 1 aromatic rings. The van der Waals surface area contributed by atoms with Crippen molar-refractivity contribution < 1.29 is 4.74 Å². The highest BCUT2D eigenvalue weighted by molar-refractivity contribution is 5.30. The molecule has 2 heteroatoms. The summed E-state index contributed by atoms with van der Waals surface area (Å²) in [7, 11) is 0. The molecule has 0 spiro atoms. The Morgan fingerprint density at radius 2 is 1.80 bits per heavy atom. The van der Waals surface area contributed by atoms with Crippen molar-refractivity contribution in [1.29, 1.82) is 0 Å². The van der Waals surface area contributed by atoms with E-state index >= 15 is 0 Å². The fourth-order valence-electron chi connectivity index (χ4n) is 3.33. The van der Waals surface area contributed by atoms with Crippen LogP contribution in [0.25, 0.3) is 0 Å². The second kappa shape index (κ2) is 6.62. The van der Waals surface area contributed by atoms with Crippen LogP contribution in [-0.4, -0.2) is 18.7 Å². The van der Waals surface area contributed by atoms with E-state index < -0.39 is 0 Å². The van der Waals surface area contributed by atoms with E-state index in [0.717, 1.165) is 18.2 Å². The van der Waals surface area contributed by atoms with Gasteiger partial charge in [-0.1, -0.05) is 31.9 Å². The van der Waals surface area contributed by atoms with E-state index in [2.05, 4.69) is 36.5 Å². The van der Waals surface area contributed by atoms with Crippen molar-refractivity contribution in [3.63, 3.8) is 0 Å². The van der Waals surface area contributed by atoms with Gasteiger partial charge in [0.25, 0.3) is 0 Å². The van der Waals surface area contributed by atoms with Crippen molar-refractivity contribution in [2.24, 2.45) is 0 Å². The molecule has 2 unspecified atom stereocenters. The molecule has 2 fully saturated rings. The fourth-order valence-corrected chi connectivity index (χ4v) is 3.33. The lowest BCUT2D eigenvalue weighted by molar-refractivity contribution is 0.303. The molecule has 2 atom stereocenters. The number of benzene rings is 1. The van der Waals surface area contributed by atoms with Crippen LogP contribution in [0.2, 0.25) is 0 Å². The standard InChI is InChI=1S/C18H27NO/c1-2-19-16-6-4-3-5-15(13-16)14-7-9-17(10-8-14)20-18-11-12-18/h7-10,15-16,18-19H,2-6,11-13H2,1H3. The monoisotopic (exact) mass is 273 g/mol. The van der Waals surface area contributed by atoms with E-state index in [1.54, 1.807) is 0 Å². The molecule has 1 aromatic carbocycles. The summed E-state index contributed by atoms with van der Waals surface area (Å²) in [6, 6.07) is 9.62. The van der Waals surface area contributed by atoms with Crippen LogP contribution >= 0.6 is 0 Å². The first kappa shape index (κ1) is 13.9. The SMILES string of the molecule is CCNC1CCCCC(c2ccc(OC3CC3)cc2)C1. The van der Waals surface area contributed by atoms with Crippen molar-refractivity contribution in [1.82, 2.24) is 5.32 Å². The molecule has 0 aliphatic heterocycles. The van der Waals surface area contributed by atoms with Crippen molar-refractivity contribution in [3.05, 3.63) is 29.8 Å². The Morgan fingerprint density at radius 1 is 1.05 bits per heavy atom.